The number of carbonyl (C=O) groups is 1. The Morgan fingerprint density at radius 3 is 2.35 bits per heavy atom. The summed E-state index contributed by atoms with van der Waals surface area (Å²) >= 11 is 0. The Balaban J connectivity index is 1.97. The Morgan fingerprint density at radius 2 is 1.65 bits per heavy atom. The van der Waals surface area contributed by atoms with Crippen LogP contribution in [0.3, 0.4) is 0 Å². The summed E-state index contributed by atoms with van der Waals surface area (Å²) in [6.45, 7) is 5.93. The number of nitrogens with one attached hydrogen (secondary N) is 1. The van der Waals surface area contributed by atoms with Gasteiger partial charge in [-0.15, -0.1) is 0 Å². The molecule has 0 aromatic heterocycles. The summed E-state index contributed by atoms with van der Waals surface area (Å²) in [5.74, 6) is -0.393. The molecule has 3 heteroatoms. The maximum absolute atomic E-state index is 12.7. The monoisotopic (exact) mass is 340 g/mol. The lowest BCUT2D eigenvalue weighted by atomic mass is 10.0. The zero-order chi connectivity index (χ0) is 18.7. The van der Waals surface area contributed by atoms with Crippen LogP contribution in [0.1, 0.15) is 22.3 Å². The van der Waals surface area contributed by atoms with Crippen molar-refractivity contribution in [3.8, 4) is 6.07 Å². The van der Waals surface area contributed by atoms with Crippen molar-refractivity contribution in [3.05, 3.63) is 82.4 Å². The Morgan fingerprint density at radius 1 is 1.00 bits per heavy atom. The second-order valence-corrected chi connectivity index (χ2v) is 6.47. The van der Waals surface area contributed by atoms with E-state index in [9.17, 15) is 10.1 Å². The number of fused-ring (bicyclic) bond motifs is 1. The van der Waals surface area contributed by atoms with E-state index in [1.165, 1.54) is 0 Å². The van der Waals surface area contributed by atoms with Crippen molar-refractivity contribution in [1.82, 2.24) is 0 Å². The van der Waals surface area contributed by atoms with E-state index >= 15 is 0 Å². The summed E-state index contributed by atoms with van der Waals surface area (Å²) in [4.78, 5) is 12.7. The molecule has 0 saturated heterocycles. The smallest absolute Gasteiger partial charge is 0.266 e. The number of hydrogen-bond acceptors (Lipinski definition) is 2. The number of nitriles is 1. The topological polar surface area (TPSA) is 52.9 Å². The lowest BCUT2D eigenvalue weighted by Gasteiger charge is -2.12. The van der Waals surface area contributed by atoms with Gasteiger partial charge in [-0.25, -0.2) is 0 Å². The lowest BCUT2D eigenvalue weighted by Crippen LogP contribution is -2.15. The first-order valence-electron chi connectivity index (χ1n) is 8.48. The van der Waals surface area contributed by atoms with Crippen molar-refractivity contribution in [2.45, 2.75) is 20.8 Å². The molecule has 0 radical (unpaired) electrons. The van der Waals surface area contributed by atoms with Gasteiger partial charge in [0.2, 0.25) is 0 Å². The van der Waals surface area contributed by atoms with Crippen LogP contribution in [0.4, 0.5) is 5.69 Å². The van der Waals surface area contributed by atoms with E-state index < -0.39 is 5.91 Å². The molecule has 3 nitrogen and oxygen atoms in total. The number of carbonyl (C=O) groups excluding carboxylic acids is 1. The number of rotatable bonds is 3. The van der Waals surface area contributed by atoms with Gasteiger partial charge in [0.05, 0.1) is 0 Å². The largest absolute Gasteiger partial charge is 0.321 e. The quantitative estimate of drug-likeness (QED) is 0.519. The third-order valence-electron chi connectivity index (χ3n) is 4.40. The van der Waals surface area contributed by atoms with E-state index in [0.717, 1.165) is 38.7 Å². The molecule has 0 unspecified atom stereocenters. The normalized spacial score (nSPS) is 11.2. The van der Waals surface area contributed by atoms with Gasteiger partial charge in [-0.05, 0) is 54.3 Å². The predicted molar refractivity (Wildman–Crippen MR) is 107 cm³/mol. The van der Waals surface area contributed by atoms with Crippen molar-refractivity contribution in [3.63, 3.8) is 0 Å². The number of amides is 1. The average Bonchev–Trinajstić information content (AvgIpc) is 2.62. The fourth-order valence-electron chi connectivity index (χ4n) is 3.24. The van der Waals surface area contributed by atoms with Crippen LogP contribution in [-0.2, 0) is 4.79 Å². The second kappa shape index (κ2) is 7.25. The van der Waals surface area contributed by atoms with Gasteiger partial charge in [-0.1, -0.05) is 60.2 Å². The molecule has 0 aliphatic rings. The number of aryl methyl sites for hydroxylation is 3. The molecular weight excluding hydrogens is 320 g/mol. The zero-order valence-electron chi connectivity index (χ0n) is 15.1. The SMILES string of the molecule is Cc1cc(C)c(NC(=O)C(C#N)=Cc2cccc3ccccc23)c(C)c1. The molecule has 0 heterocycles. The molecule has 0 atom stereocenters. The molecule has 0 aliphatic carbocycles. The first kappa shape index (κ1) is 17.4. The molecule has 3 aromatic carbocycles. The van der Waals surface area contributed by atoms with Crippen molar-refractivity contribution < 1.29 is 4.79 Å². The van der Waals surface area contributed by atoms with Crippen LogP contribution in [0, 0.1) is 32.1 Å². The summed E-state index contributed by atoms with van der Waals surface area (Å²) < 4.78 is 0. The minimum absolute atomic E-state index is 0.0840. The standard InChI is InChI=1S/C23H20N2O/c1-15-11-16(2)22(17(3)12-15)25-23(26)20(14-24)13-19-9-6-8-18-7-4-5-10-21(18)19/h4-13H,1-3H3,(H,25,26). The summed E-state index contributed by atoms with van der Waals surface area (Å²) in [7, 11) is 0. The molecule has 3 rings (SSSR count). The number of anilines is 1. The van der Waals surface area contributed by atoms with E-state index in [1.807, 2.05) is 81.4 Å². The number of hydrogen-bond donors (Lipinski definition) is 1. The maximum Gasteiger partial charge on any atom is 0.266 e. The van der Waals surface area contributed by atoms with E-state index in [4.69, 9.17) is 0 Å². The van der Waals surface area contributed by atoms with Gasteiger partial charge < -0.3 is 5.32 Å². The zero-order valence-corrected chi connectivity index (χ0v) is 15.1. The van der Waals surface area contributed by atoms with Crippen LogP contribution in [0.2, 0.25) is 0 Å². The Bertz CT molecular complexity index is 1040. The third kappa shape index (κ3) is 3.50. The first-order valence-corrected chi connectivity index (χ1v) is 8.48. The minimum Gasteiger partial charge on any atom is -0.321 e. The highest BCUT2D eigenvalue weighted by Crippen LogP contribution is 2.24. The van der Waals surface area contributed by atoms with Crippen molar-refractivity contribution in [2.75, 3.05) is 5.32 Å². The van der Waals surface area contributed by atoms with Gasteiger partial charge in [0.1, 0.15) is 11.6 Å². The highest BCUT2D eigenvalue weighted by atomic mass is 16.1. The Kier molecular flexibility index (Phi) is 4.86. The highest BCUT2D eigenvalue weighted by molar-refractivity contribution is 6.11. The van der Waals surface area contributed by atoms with Crippen LogP contribution < -0.4 is 5.32 Å². The van der Waals surface area contributed by atoms with Crippen LogP contribution in [0.25, 0.3) is 16.8 Å². The van der Waals surface area contributed by atoms with Crippen molar-refractivity contribution in [1.29, 1.82) is 5.26 Å². The van der Waals surface area contributed by atoms with E-state index in [0.29, 0.717) is 0 Å². The van der Waals surface area contributed by atoms with Crippen molar-refractivity contribution in [2.24, 2.45) is 0 Å². The Labute approximate surface area is 153 Å². The van der Waals surface area contributed by atoms with E-state index in [-0.39, 0.29) is 5.57 Å². The van der Waals surface area contributed by atoms with E-state index in [1.54, 1.807) is 6.08 Å². The lowest BCUT2D eigenvalue weighted by molar-refractivity contribution is -0.112. The van der Waals surface area contributed by atoms with Crippen LogP contribution in [0.5, 0.6) is 0 Å². The molecule has 1 N–H and O–H groups in total. The van der Waals surface area contributed by atoms with Crippen LogP contribution in [-0.4, -0.2) is 5.91 Å². The van der Waals surface area contributed by atoms with E-state index in [2.05, 4.69) is 5.32 Å². The van der Waals surface area contributed by atoms with Gasteiger partial charge in [0, 0.05) is 5.69 Å². The fourth-order valence-corrected chi connectivity index (χ4v) is 3.24. The molecule has 3 aromatic rings. The molecule has 0 spiro atoms. The summed E-state index contributed by atoms with van der Waals surface area (Å²) in [5.41, 5.74) is 4.81. The molecule has 0 bridgehead atoms. The molecule has 128 valence electrons. The summed E-state index contributed by atoms with van der Waals surface area (Å²) in [6.07, 6.45) is 1.65. The fraction of sp³-hybridized carbons (Fsp3) is 0.130. The molecule has 0 saturated carbocycles. The van der Waals surface area contributed by atoms with Crippen LogP contribution in [0.15, 0.2) is 60.2 Å². The molecule has 0 aliphatic heterocycles. The van der Waals surface area contributed by atoms with Gasteiger partial charge in [0.15, 0.2) is 0 Å². The first-order chi connectivity index (χ1) is 12.5. The molecular formula is C23H20N2O. The third-order valence-corrected chi connectivity index (χ3v) is 4.40. The number of nitrogens with zero attached hydrogens (tertiary/aromatic N) is 1. The maximum atomic E-state index is 12.7. The number of benzene rings is 3. The summed E-state index contributed by atoms with van der Waals surface area (Å²) in [5, 5.41) is 14.5. The van der Waals surface area contributed by atoms with Crippen molar-refractivity contribution >= 4 is 28.4 Å². The molecule has 26 heavy (non-hydrogen) atoms. The second-order valence-electron chi connectivity index (χ2n) is 6.47. The summed E-state index contributed by atoms with van der Waals surface area (Å²) in [6, 6.07) is 19.8. The minimum atomic E-state index is -0.393. The molecule has 0 fully saturated rings. The molecule has 1 amide bonds. The van der Waals surface area contributed by atoms with Gasteiger partial charge in [0.25, 0.3) is 5.91 Å². The predicted octanol–water partition coefficient (Wildman–Crippen LogP) is 5.31. The average molecular weight is 340 g/mol. The van der Waals surface area contributed by atoms with Gasteiger partial charge in [-0.2, -0.15) is 5.26 Å². The highest BCUT2D eigenvalue weighted by Gasteiger charge is 2.13. The van der Waals surface area contributed by atoms with Gasteiger partial charge >= 0.3 is 0 Å². The Hall–Kier alpha value is -3.38. The van der Waals surface area contributed by atoms with Crippen LogP contribution >= 0.6 is 0 Å². The van der Waals surface area contributed by atoms with Gasteiger partial charge in [-0.3, -0.25) is 4.79 Å².